The van der Waals surface area contributed by atoms with E-state index in [9.17, 15) is 4.39 Å². The number of hydrogen-bond acceptors (Lipinski definition) is 4. The van der Waals surface area contributed by atoms with E-state index >= 15 is 0 Å². The normalized spacial score (nSPS) is 16.4. The van der Waals surface area contributed by atoms with Gasteiger partial charge in [0.2, 0.25) is 5.95 Å². The van der Waals surface area contributed by atoms with Crippen LogP contribution in [0.2, 0.25) is 0 Å². The monoisotopic (exact) mass is 289 g/mol. The molecule has 112 valence electrons. The maximum absolute atomic E-state index is 13.5. The Kier molecular flexibility index (Phi) is 3.88. The topological polar surface area (TPSA) is 70.8 Å². The van der Waals surface area contributed by atoms with E-state index in [0.717, 1.165) is 43.6 Å². The molecule has 1 aliphatic rings. The van der Waals surface area contributed by atoms with Crippen LogP contribution < -0.4 is 10.6 Å². The molecule has 1 aliphatic heterocycles. The summed E-state index contributed by atoms with van der Waals surface area (Å²) < 4.78 is 13.5. The van der Waals surface area contributed by atoms with E-state index in [-0.39, 0.29) is 5.82 Å². The Morgan fingerprint density at radius 1 is 1.33 bits per heavy atom. The minimum absolute atomic E-state index is 0.258. The van der Waals surface area contributed by atoms with Gasteiger partial charge >= 0.3 is 0 Å². The highest BCUT2D eigenvalue weighted by Gasteiger charge is 2.21. The largest absolute Gasteiger partial charge is 0.340 e. The van der Waals surface area contributed by atoms with Crippen LogP contribution in [-0.2, 0) is 0 Å². The van der Waals surface area contributed by atoms with Crippen molar-refractivity contribution in [3.05, 3.63) is 29.6 Å². The second-order valence-electron chi connectivity index (χ2n) is 5.67. The summed E-state index contributed by atoms with van der Waals surface area (Å²) in [5.41, 5.74) is 7.30. The fourth-order valence-electron chi connectivity index (χ4n) is 2.77. The number of piperidine rings is 1. The lowest BCUT2D eigenvalue weighted by atomic mass is 9.97. The number of benzene rings is 1. The molecule has 0 bridgehead atoms. The van der Waals surface area contributed by atoms with Crippen molar-refractivity contribution >= 4 is 5.95 Å². The molecule has 3 rings (SSSR count). The number of hydrogen-bond donors (Lipinski definition) is 2. The van der Waals surface area contributed by atoms with Gasteiger partial charge < -0.3 is 10.6 Å². The third-order valence-corrected chi connectivity index (χ3v) is 4.02. The van der Waals surface area contributed by atoms with E-state index in [1.165, 1.54) is 12.1 Å². The Morgan fingerprint density at radius 3 is 2.76 bits per heavy atom. The van der Waals surface area contributed by atoms with Crippen LogP contribution in [0.4, 0.5) is 10.3 Å². The van der Waals surface area contributed by atoms with Crippen molar-refractivity contribution in [3.8, 4) is 11.4 Å². The highest BCUT2D eigenvalue weighted by atomic mass is 19.1. The zero-order chi connectivity index (χ0) is 14.8. The first kappa shape index (κ1) is 14.0. The first-order valence-corrected chi connectivity index (χ1v) is 7.30. The molecule has 0 amide bonds. The Hall–Kier alpha value is -1.95. The lowest BCUT2D eigenvalue weighted by molar-refractivity contribution is 0.411. The van der Waals surface area contributed by atoms with Gasteiger partial charge in [0.05, 0.1) is 0 Å². The quantitative estimate of drug-likeness (QED) is 0.907. The Morgan fingerprint density at radius 2 is 2.10 bits per heavy atom. The van der Waals surface area contributed by atoms with Crippen molar-refractivity contribution in [1.29, 1.82) is 0 Å². The molecule has 0 atom stereocenters. The maximum Gasteiger partial charge on any atom is 0.245 e. The fraction of sp³-hybridized carbons (Fsp3) is 0.467. The van der Waals surface area contributed by atoms with Gasteiger partial charge in [-0.2, -0.15) is 4.98 Å². The van der Waals surface area contributed by atoms with Gasteiger partial charge in [-0.3, -0.25) is 5.10 Å². The molecule has 0 radical (unpaired) electrons. The molecule has 1 saturated heterocycles. The Labute approximate surface area is 123 Å². The van der Waals surface area contributed by atoms with Gasteiger partial charge in [0.15, 0.2) is 5.82 Å². The fourth-order valence-corrected chi connectivity index (χ4v) is 2.77. The number of rotatable bonds is 3. The minimum Gasteiger partial charge on any atom is -0.340 e. The molecule has 1 aromatic carbocycles. The van der Waals surface area contributed by atoms with E-state index in [1.54, 1.807) is 0 Å². The highest BCUT2D eigenvalue weighted by Crippen LogP contribution is 2.23. The lowest BCUT2D eigenvalue weighted by Crippen LogP contribution is -2.36. The van der Waals surface area contributed by atoms with Crippen LogP contribution in [0.5, 0.6) is 0 Å². The molecule has 1 aromatic heterocycles. The van der Waals surface area contributed by atoms with Gasteiger partial charge in [-0.1, -0.05) is 0 Å². The summed E-state index contributed by atoms with van der Waals surface area (Å²) in [4.78, 5) is 6.65. The molecule has 6 heteroatoms. The van der Waals surface area contributed by atoms with Crippen molar-refractivity contribution in [2.45, 2.75) is 19.8 Å². The molecule has 3 N–H and O–H groups in total. The molecular weight excluding hydrogens is 269 g/mol. The van der Waals surface area contributed by atoms with Crippen LogP contribution in [0, 0.1) is 18.7 Å². The van der Waals surface area contributed by atoms with Gasteiger partial charge in [0, 0.05) is 18.7 Å². The third-order valence-electron chi connectivity index (χ3n) is 4.02. The molecule has 0 saturated carbocycles. The first-order chi connectivity index (χ1) is 10.2. The summed E-state index contributed by atoms with van der Waals surface area (Å²) >= 11 is 0. The zero-order valence-corrected chi connectivity index (χ0v) is 12.1. The Balaban J connectivity index is 1.77. The first-order valence-electron chi connectivity index (χ1n) is 7.30. The van der Waals surface area contributed by atoms with Gasteiger partial charge in [-0.25, -0.2) is 4.39 Å². The van der Waals surface area contributed by atoms with Crippen LogP contribution in [0.1, 0.15) is 18.4 Å². The second-order valence-corrected chi connectivity index (χ2v) is 5.67. The van der Waals surface area contributed by atoms with Crippen LogP contribution in [0.25, 0.3) is 11.4 Å². The highest BCUT2D eigenvalue weighted by molar-refractivity contribution is 5.57. The number of aryl methyl sites for hydroxylation is 1. The SMILES string of the molecule is Cc1cc(F)cc(-c2nc(N3CCC(CN)CC3)n[nH]2)c1. The van der Waals surface area contributed by atoms with E-state index in [0.29, 0.717) is 17.7 Å². The average Bonchev–Trinajstić information content (AvgIpc) is 2.96. The number of aromatic nitrogens is 3. The third kappa shape index (κ3) is 3.05. The van der Waals surface area contributed by atoms with Crippen molar-refractivity contribution in [3.63, 3.8) is 0 Å². The van der Waals surface area contributed by atoms with E-state index < -0.39 is 0 Å². The number of H-pyrrole nitrogens is 1. The van der Waals surface area contributed by atoms with Gasteiger partial charge in [0.1, 0.15) is 5.82 Å². The molecule has 5 nitrogen and oxygen atoms in total. The van der Waals surface area contributed by atoms with Crippen LogP contribution in [0.15, 0.2) is 18.2 Å². The lowest BCUT2D eigenvalue weighted by Gasteiger charge is -2.30. The summed E-state index contributed by atoms with van der Waals surface area (Å²) in [5.74, 6) is 1.63. The molecule has 1 fully saturated rings. The summed E-state index contributed by atoms with van der Waals surface area (Å²) in [7, 11) is 0. The summed E-state index contributed by atoms with van der Waals surface area (Å²) in [6, 6.07) is 4.87. The smallest absolute Gasteiger partial charge is 0.245 e. The maximum atomic E-state index is 13.5. The molecule has 2 heterocycles. The average molecular weight is 289 g/mol. The predicted molar refractivity (Wildman–Crippen MR) is 80.5 cm³/mol. The zero-order valence-electron chi connectivity index (χ0n) is 12.1. The van der Waals surface area contributed by atoms with Crippen molar-refractivity contribution in [2.75, 3.05) is 24.5 Å². The number of anilines is 1. The molecule has 0 spiro atoms. The standard InChI is InChI=1S/C15H20FN5/c1-10-6-12(8-13(16)7-10)14-18-15(20-19-14)21-4-2-11(9-17)3-5-21/h6-8,11H,2-5,9,17H2,1H3,(H,18,19,20). The van der Waals surface area contributed by atoms with Crippen LogP contribution >= 0.6 is 0 Å². The van der Waals surface area contributed by atoms with Crippen LogP contribution in [0.3, 0.4) is 0 Å². The van der Waals surface area contributed by atoms with Gasteiger partial charge in [0.25, 0.3) is 0 Å². The molecule has 2 aromatic rings. The van der Waals surface area contributed by atoms with Crippen molar-refractivity contribution in [1.82, 2.24) is 15.2 Å². The van der Waals surface area contributed by atoms with Crippen LogP contribution in [-0.4, -0.2) is 34.8 Å². The minimum atomic E-state index is -0.258. The summed E-state index contributed by atoms with van der Waals surface area (Å²) in [6.45, 7) is 4.44. The van der Waals surface area contributed by atoms with Gasteiger partial charge in [-0.05, 0) is 56.0 Å². The number of nitrogens with one attached hydrogen (secondary N) is 1. The molecular formula is C15H20FN5. The molecule has 0 unspecified atom stereocenters. The summed E-state index contributed by atoms with van der Waals surface area (Å²) in [5, 5.41) is 7.17. The number of halogens is 1. The van der Waals surface area contributed by atoms with Crippen molar-refractivity contribution < 1.29 is 4.39 Å². The molecule has 21 heavy (non-hydrogen) atoms. The molecule has 0 aliphatic carbocycles. The van der Waals surface area contributed by atoms with E-state index in [4.69, 9.17) is 5.73 Å². The predicted octanol–water partition coefficient (Wildman–Crippen LogP) is 2.09. The van der Waals surface area contributed by atoms with Gasteiger partial charge in [-0.15, -0.1) is 5.10 Å². The number of nitrogens with zero attached hydrogens (tertiary/aromatic N) is 3. The number of nitrogens with two attached hydrogens (primary N) is 1. The Bertz CT molecular complexity index is 596. The van der Waals surface area contributed by atoms with E-state index in [2.05, 4.69) is 20.1 Å². The van der Waals surface area contributed by atoms with Crippen molar-refractivity contribution in [2.24, 2.45) is 11.7 Å². The summed E-state index contributed by atoms with van der Waals surface area (Å²) in [6.07, 6.45) is 2.14. The second kappa shape index (κ2) is 5.81. The number of aromatic amines is 1. The van der Waals surface area contributed by atoms with E-state index in [1.807, 2.05) is 13.0 Å².